The van der Waals surface area contributed by atoms with Crippen molar-refractivity contribution in [3.63, 3.8) is 0 Å². The van der Waals surface area contributed by atoms with Crippen LogP contribution in [0.4, 0.5) is 8.78 Å². The summed E-state index contributed by atoms with van der Waals surface area (Å²) in [5.41, 5.74) is 8.17. The molecule has 0 radical (unpaired) electrons. The van der Waals surface area contributed by atoms with Crippen LogP contribution in [0.5, 0.6) is 0 Å². The van der Waals surface area contributed by atoms with Crippen molar-refractivity contribution in [2.75, 3.05) is 0 Å². The molecular formula is C17H14F2N2. The van der Waals surface area contributed by atoms with Crippen LogP contribution in [0.1, 0.15) is 17.2 Å². The Bertz CT molecular complexity index is 787. The predicted octanol–water partition coefficient (Wildman–Crippen LogP) is 3.76. The third-order valence-electron chi connectivity index (χ3n) is 3.53. The standard InChI is InChI=1S/C17H14F2N2/c18-14-5-1-3-13(17(14)19)10-15(20)11-6-7-16-12(9-11)4-2-8-21-16/h1-9,15H,10,20H2. The Kier molecular flexibility index (Phi) is 3.62. The van der Waals surface area contributed by atoms with Gasteiger partial charge in [0, 0.05) is 17.6 Å². The molecule has 0 bridgehead atoms. The molecule has 0 saturated carbocycles. The predicted molar refractivity (Wildman–Crippen MR) is 78.7 cm³/mol. The molecule has 2 nitrogen and oxygen atoms in total. The number of rotatable bonds is 3. The Balaban J connectivity index is 1.89. The van der Waals surface area contributed by atoms with Crippen LogP contribution in [0, 0.1) is 11.6 Å². The second-order valence-corrected chi connectivity index (χ2v) is 4.98. The Hall–Kier alpha value is -2.33. The molecule has 2 aromatic carbocycles. The third kappa shape index (κ3) is 2.76. The molecule has 2 N–H and O–H groups in total. The number of benzene rings is 2. The Morgan fingerprint density at radius 1 is 1.05 bits per heavy atom. The SMILES string of the molecule is NC(Cc1cccc(F)c1F)c1ccc2ncccc2c1. The quantitative estimate of drug-likeness (QED) is 0.795. The van der Waals surface area contributed by atoms with Crippen LogP contribution in [0.25, 0.3) is 10.9 Å². The zero-order chi connectivity index (χ0) is 14.8. The Labute approximate surface area is 121 Å². The van der Waals surface area contributed by atoms with Crippen LogP contribution in [0.3, 0.4) is 0 Å². The lowest BCUT2D eigenvalue weighted by molar-refractivity contribution is 0.494. The molecule has 21 heavy (non-hydrogen) atoms. The van der Waals surface area contributed by atoms with E-state index in [0.717, 1.165) is 22.5 Å². The first-order valence-corrected chi connectivity index (χ1v) is 6.68. The second-order valence-electron chi connectivity index (χ2n) is 4.98. The summed E-state index contributed by atoms with van der Waals surface area (Å²) in [6.45, 7) is 0. The van der Waals surface area contributed by atoms with Crippen molar-refractivity contribution in [1.82, 2.24) is 4.98 Å². The second kappa shape index (κ2) is 5.58. The number of nitrogens with two attached hydrogens (primary N) is 1. The highest BCUT2D eigenvalue weighted by Crippen LogP contribution is 2.22. The number of hydrogen-bond acceptors (Lipinski definition) is 2. The number of halogens is 2. The van der Waals surface area contributed by atoms with Gasteiger partial charge in [0.2, 0.25) is 0 Å². The molecular weight excluding hydrogens is 270 g/mol. The first kappa shape index (κ1) is 13.6. The Morgan fingerprint density at radius 2 is 1.90 bits per heavy atom. The highest BCUT2D eigenvalue weighted by Gasteiger charge is 2.13. The summed E-state index contributed by atoms with van der Waals surface area (Å²) in [5, 5.41) is 0.977. The lowest BCUT2D eigenvalue weighted by atomic mass is 9.98. The number of nitrogens with zero attached hydrogens (tertiary/aromatic N) is 1. The molecule has 1 aromatic heterocycles. The number of aromatic nitrogens is 1. The fourth-order valence-electron chi connectivity index (χ4n) is 2.39. The monoisotopic (exact) mass is 284 g/mol. The molecule has 3 rings (SSSR count). The van der Waals surface area contributed by atoms with E-state index in [-0.39, 0.29) is 12.0 Å². The van der Waals surface area contributed by atoms with Gasteiger partial charge in [0.25, 0.3) is 0 Å². The summed E-state index contributed by atoms with van der Waals surface area (Å²) in [5.74, 6) is -1.67. The van der Waals surface area contributed by atoms with E-state index in [0.29, 0.717) is 0 Å². The average molecular weight is 284 g/mol. The minimum atomic E-state index is -0.845. The summed E-state index contributed by atoms with van der Waals surface area (Å²) < 4.78 is 26.9. The number of pyridine rings is 1. The van der Waals surface area contributed by atoms with Crippen molar-refractivity contribution in [1.29, 1.82) is 0 Å². The maximum atomic E-state index is 13.7. The van der Waals surface area contributed by atoms with Gasteiger partial charge in [0.05, 0.1) is 5.52 Å². The van der Waals surface area contributed by atoms with Gasteiger partial charge in [-0.15, -0.1) is 0 Å². The van der Waals surface area contributed by atoms with E-state index in [1.165, 1.54) is 6.07 Å². The highest BCUT2D eigenvalue weighted by molar-refractivity contribution is 5.79. The molecule has 3 aromatic rings. The lowest BCUT2D eigenvalue weighted by Gasteiger charge is -2.13. The Morgan fingerprint density at radius 3 is 2.76 bits per heavy atom. The van der Waals surface area contributed by atoms with Crippen LogP contribution >= 0.6 is 0 Å². The minimum Gasteiger partial charge on any atom is -0.324 e. The number of hydrogen-bond donors (Lipinski definition) is 1. The van der Waals surface area contributed by atoms with Crippen LogP contribution in [0.2, 0.25) is 0 Å². The van der Waals surface area contributed by atoms with Crippen LogP contribution in [-0.2, 0) is 6.42 Å². The smallest absolute Gasteiger partial charge is 0.162 e. The first-order valence-electron chi connectivity index (χ1n) is 6.68. The van der Waals surface area contributed by atoms with E-state index in [1.54, 1.807) is 12.3 Å². The van der Waals surface area contributed by atoms with E-state index in [9.17, 15) is 8.78 Å². The van der Waals surface area contributed by atoms with Gasteiger partial charge in [0.1, 0.15) is 0 Å². The van der Waals surface area contributed by atoms with Gasteiger partial charge >= 0.3 is 0 Å². The molecule has 4 heteroatoms. The van der Waals surface area contributed by atoms with E-state index in [2.05, 4.69) is 4.98 Å². The fraction of sp³-hybridized carbons (Fsp3) is 0.118. The molecule has 0 fully saturated rings. The van der Waals surface area contributed by atoms with E-state index in [1.807, 2.05) is 30.3 Å². The molecule has 0 aliphatic rings. The highest BCUT2D eigenvalue weighted by atomic mass is 19.2. The van der Waals surface area contributed by atoms with Crippen molar-refractivity contribution < 1.29 is 8.78 Å². The van der Waals surface area contributed by atoms with Crippen LogP contribution < -0.4 is 5.73 Å². The molecule has 1 heterocycles. The average Bonchev–Trinajstić information content (AvgIpc) is 2.51. The zero-order valence-corrected chi connectivity index (χ0v) is 11.3. The topological polar surface area (TPSA) is 38.9 Å². The molecule has 1 atom stereocenters. The molecule has 0 saturated heterocycles. The first-order chi connectivity index (χ1) is 10.1. The number of fused-ring (bicyclic) bond motifs is 1. The van der Waals surface area contributed by atoms with E-state index in [4.69, 9.17) is 5.73 Å². The largest absolute Gasteiger partial charge is 0.324 e. The maximum Gasteiger partial charge on any atom is 0.162 e. The van der Waals surface area contributed by atoms with Crippen molar-refractivity contribution >= 4 is 10.9 Å². The summed E-state index contributed by atoms with van der Waals surface area (Å²) >= 11 is 0. The molecule has 0 aliphatic carbocycles. The van der Waals surface area contributed by atoms with Gasteiger partial charge in [-0.3, -0.25) is 4.98 Å². The molecule has 0 spiro atoms. The summed E-state index contributed by atoms with van der Waals surface area (Å²) in [6, 6.07) is 13.2. The zero-order valence-electron chi connectivity index (χ0n) is 11.3. The molecule has 0 amide bonds. The summed E-state index contributed by atoms with van der Waals surface area (Å²) in [4.78, 5) is 4.24. The van der Waals surface area contributed by atoms with Crippen LogP contribution in [0.15, 0.2) is 54.7 Å². The molecule has 106 valence electrons. The molecule has 0 aliphatic heterocycles. The van der Waals surface area contributed by atoms with Gasteiger partial charge < -0.3 is 5.73 Å². The summed E-state index contributed by atoms with van der Waals surface area (Å²) in [7, 11) is 0. The van der Waals surface area contributed by atoms with Crippen molar-refractivity contribution in [3.8, 4) is 0 Å². The minimum absolute atomic E-state index is 0.245. The fourth-order valence-corrected chi connectivity index (χ4v) is 2.39. The third-order valence-corrected chi connectivity index (χ3v) is 3.53. The van der Waals surface area contributed by atoms with Gasteiger partial charge in [-0.05, 0) is 41.8 Å². The molecule has 1 unspecified atom stereocenters. The van der Waals surface area contributed by atoms with E-state index >= 15 is 0 Å². The summed E-state index contributed by atoms with van der Waals surface area (Å²) in [6.07, 6.45) is 1.97. The van der Waals surface area contributed by atoms with Crippen molar-refractivity contribution in [2.24, 2.45) is 5.73 Å². The maximum absolute atomic E-state index is 13.7. The van der Waals surface area contributed by atoms with Gasteiger partial charge in [-0.25, -0.2) is 8.78 Å². The van der Waals surface area contributed by atoms with E-state index < -0.39 is 17.7 Å². The van der Waals surface area contributed by atoms with Crippen molar-refractivity contribution in [2.45, 2.75) is 12.5 Å². The van der Waals surface area contributed by atoms with Crippen LogP contribution in [-0.4, -0.2) is 4.98 Å². The van der Waals surface area contributed by atoms with Gasteiger partial charge in [-0.2, -0.15) is 0 Å². The normalized spacial score (nSPS) is 12.5. The lowest BCUT2D eigenvalue weighted by Crippen LogP contribution is -2.14. The van der Waals surface area contributed by atoms with Gasteiger partial charge in [-0.1, -0.05) is 24.3 Å². The van der Waals surface area contributed by atoms with Crippen molar-refractivity contribution in [3.05, 3.63) is 77.5 Å². The van der Waals surface area contributed by atoms with Gasteiger partial charge in [0.15, 0.2) is 11.6 Å².